The summed E-state index contributed by atoms with van der Waals surface area (Å²) in [5.41, 5.74) is 15.1. The second kappa shape index (κ2) is 9.85. The molecular weight excluding hydrogens is 522 g/mol. The van der Waals surface area contributed by atoms with Gasteiger partial charge in [-0.15, -0.1) is 0 Å². The van der Waals surface area contributed by atoms with Crippen molar-refractivity contribution >= 4 is 27.5 Å². The van der Waals surface area contributed by atoms with Crippen LogP contribution in [0.4, 0.5) is 0 Å². The second-order valence-electron chi connectivity index (χ2n) is 11.6. The van der Waals surface area contributed by atoms with Crippen LogP contribution in [0.5, 0.6) is 0 Å². The molecule has 0 atom stereocenters. The van der Waals surface area contributed by atoms with E-state index in [4.69, 9.17) is 4.98 Å². The molecule has 0 radical (unpaired) electrons. The fraction of sp³-hybridized carbons (Fsp3) is 0.0750. The molecule has 0 unspecified atom stereocenters. The van der Waals surface area contributed by atoms with Gasteiger partial charge in [0.15, 0.2) is 0 Å². The number of hydrogen-bond acceptors (Lipinski definition) is 1. The average Bonchev–Trinajstić information content (AvgIpc) is 3.57. The summed E-state index contributed by atoms with van der Waals surface area (Å²) in [5, 5.41) is 2.60. The minimum Gasteiger partial charge on any atom is -0.309 e. The van der Waals surface area contributed by atoms with Crippen LogP contribution in [0, 0.1) is 20.8 Å². The van der Waals surface area contributed by atoms with Crippen LogP contribution in [0.25, 0.3) is 66.8 Å². The Kier molecular flexibility index (Phi) is 5.80. The number of imidazole rings is 1. The van der Waals surface area contributed by atoms with Gasteiger partial charge >= 0.3 is 0 Å². The van der Waals surface area contributed by atoms with Gasteiger partial charge < -0.3 is 4.57 Å². The zero-order valence-electron chi connectivity index (χ0n) is 24.5. The molecule has 3 nitrogen and oxygen atoms in total. The molecule has 8 rings (SSSR count). The van der Waals surface area contributed by atoms with E-state index in [0.717, 1.165) is 33.7 Å². The van der Waals surface area contributed by atoms with Crippen LogP contribution in [-0.4, -0.2) is 14.0 Å². The smallest absolute Gasteiger partial charge is 0.138 e. The van der Waals surface area contributed by atoms with E-state index in [0.29, 0.717) is 0 Å². The van der Waals surface area contributed by atoms with Crippen LogP contribution in [0.2, 0.25) is 0 Å². The predicted molar refractivity (Wildman–Crippen MR) is 180 cm³/mol. The van der Waals surface area contributed by atoms with Crippen LogP contribution in [0.15, 0.2) is 134 Å². The molecule has 0 amide bonds. The Labute approximate surface area is 251 Å². The molecule has 8 aromatic rings. The number of rotatable bonds is 4. The molecule has 3 heterocycles. The Morgan fingerprint density at radius 3 is 1.74 bits per heavy atom. The lowest BCUT2D eigenvalue weighted by atomic mass is 10.0. The van der Waals surface area contributed by atoms with E-state index in [1.807, 2.05) is 6.07 Å². The molecule has 0 fully saturated rings. The van der Waals surface area contributed by atoms with E-state index >= 15 is 0 Å². The molecule has 0 saturated carbocycles. The highest BCUT2D eigenvalue weighted by molar-refractivity contribution is 6.09. The summed E-state index contributed by atoms with van der Waals surface area (Å²) in [5.74, 6) is 0. The molecule has 0 aliphatic carbocycles. The fourth-order valence-corrected chi connectivity index (χ4v) is 6.49. The first kappa shape index (κ1) is 25.3. The van der Waals surface area contributed by atoms with Gasteiger partial charge in [0.1, 0.15) is 5.65 Å². The zero-order chi connectivity index (χ0) is 29.1. The first-order valence-corrected chi connectivity index (χ1v) is 14.8. The van der Waals surface area contributed by atoms with Crippen molar-refractivity contribution in [2.45, 2.75) is 20.8 Å². The number of hydrogen-bond donors (Lipinski definition) is 0. The SMILES string of the molecule is Cc1ccc2c(c1)c1cc(C)ccc1n2-c1ccc(-c2ccn3c(-c4ccccc4)c(-c4ccccc4)nc3c2)cc1C. The van der Waals surface area contributed by atoms with Gasteiger partial charge in [0, 0.05) is 33.8 Å². The molecule has 3 heteroatoms. The Balaban J connectivity index is 1.27. The third kappa shape index (κ3) is 4.16. The Morgan fingerprint density at radius 1 is 0.512 bits per heavy atom. The number of aromatic nitrogens is 3. The fourth-order valence-electron chi connectivity index (χ4n) is 6.49. The third-order valence-corrected chi connectivity index (χ3v) is 8.57. The van der Waals surface area contributed by atoms with Gasteiger partial charge in [-0.25, -0.2) is 4.98 Å². The molecule has 206 valence electrons. The maximum absolute atomic E-state index is 5.17. The molecule has 0 aliphatic rings. The molecule has 3 aromatic heterocycles. The summed E-state index contributed by atoms with van der Waals surface area (Å²) in [6.07, 6.45) is 2.16. The van der Waals surface area contributed by atoms with Crippen molar-refractivity contribution < 1.29 is 0 Å². The summed E-state index contributed by atoms with van der Waals surface area (Å²) < 4.78 is 4.63. The van der Waals surface area contributed by atoms with Gasteiger partial charge in [-0.1, -0.05) is 90.0 Å². The maximum atomic E-state index is 5.17. The zero-order valence-corrected chi connectivity index (χ0v) is 24.5. The molecule has 5 aromatic carbocycles. The Bertz CT molecular complexity index is 2250. The van der Waals surface area contributed by atoms with Crippen LogP contribution in [0.3, 0.4) is 0 Å². The monoisotopic (exact) mass is 553 g/mol. The lowest BCUT2D eigenvalue weighted by Crippen LogP contribution is -1.97. The summed E-state index contributed by atoms with van der Waals surface area (Å²) in [7, 11) is 0. The maximum Gasteiger partial charge on any atom is 0.138 e. The molecule has 0 N–H and O–H groups in total. The molecule has 43 heavy (non-hydrogen) atoms. The van der Waals surface area contributed by atoms with E-state index in [-0.39, 0.29) is 0 Å². The van der Waals surface area contributed by atoms with Crippen LogP contribution >= 0.6 is 0 Å². The van der Waals surface area contributed by atoms with Crippen LogP contribution in [0.1, 0.15) is 16.7 Å². The molecule has 0 saturated heterocycles. The van der Waals surface area contributed by atoms with E-state index in [1.54, 1.807) is 0 Å². The molecular formula is C40H31N3. The number of benzene rings is 5. The lowest BCUT2D eigenvalue weighted by Gasteiger charge is -2.13. The largest absolute Gasteiger partial charge is 0.309 e. The van der Waals surface area contributed by atoms with Gasteiger partial charge in [0.05, 0.1) is 22.4 Å². The lowest BCUT2D eigenvalue weighted by molar-refractivity contribution is 1.15. The summed E-state index contributed by atoms with van der Waals surface area (Å²) in [4.78, 5) is 5.17. The topological polar surface area (TPSA) is 22.2 Å². The van der Waals surface area contributed by atoms with Crippen LogP contribution in [-0.2, 0) is 0 Å². The minimum atomic E-state index is 0.935. The van der Waals surface area contributed by atoms with Crippen LogP contribution < -0.4 is 0 Å². The number of nitrogens with zero attached hydrogens (tertiary/aromatic N) is 3. The molecule has 0 bridgehead atoms. The van der Waals surface area contributed by atoms with Crippen molar-refractivity contribution in [3.8, 4) is 39.3 Å². The standard InChI is InChI=1S/C40H31N3/c1-26-14-17-36-33(22-26)34-23-27(2)15-18-37(34)43(36)35-19-16-31(24-28(35)3)32-20-21-42-38(25-32)41-39(29-10-6-4-7-11-29)40(42)30-12-8-5-9-13-30/h4-25H,1-3H3. The highest BCUT2D eigenvalue weighted by atomic mass is 15.0. The van der Waals surface area contributed by atoms with Gasteiger partial charge in [-0.05, 0) is 86.0 Å². The second-order valence-corrected chi connectivity index (χ2v) is 11.6. The first-order chi connectivity index (χ1) is 21.0. The van der Waals surface area contributed by atoms with E-state index in [9.17, 15) is 0 Å². The van der Waals surface area contributed by atoms with Crippen molar-refractivity contribution in [1.29, 1.82) is 0 Å². The molecule has 0 spiro atoms. The summed E-state index contributed by atoms with van der Waals surface area (Å²) in [6, 6.07) is 45.8. The van der Waals surface area contributed by atoms with Gasteiger partial charge in [0.25, 0.3) is 0 Å². The van der Waals surface area contributed by atoms with Crippen molar-refractivity contribution in [3.63, 3.8) is 0 Å². The average molecular weight is 554 g/mol. The molecule has 0 aliphatic heterocycles. The minimum absolute atomic E-state index is 0.935. The number of aryl methyl sites for hydroxylation is 3. The van der Waals surface area contributed by atoms with Gasteiger partial charge in [0.2, 0.25) is 0 Å². The van der Waals surface area contributed by atoms with Gasteiger partial charge in [-0.3, -0.25) is 4.40 Å². The van der Waals surface area contributed by atoms with Crippen molar-refractivity contribution in [2.24, 2.45) is 0 Å². The van der Waals surface area contributed by atoms with Crippen molar-refractivity contribution in [2.75, 3.05) is 0 Å². The Hall–Kier alpha value is -5.41. The Morgan fingerprint density at radius 2 is 1.12 bits per heavy atom. The predicted octanol–water partition coefficient (Wildman–Crippen LogP) is 10.4. The van der Waals surface area contributed by atoms with E-state index in [1.165, 1.54) is 49.7 Å². The van der Waals surface area contributed by atoms with Crippen molar-refractivity contribution in [1.82, 2.24) is 14.0 Å². The van der Waals surface area contributed by atoms with E-state index < -0.39 is 0 Å². The third-order valence-electron chi connectivity index (χ3n) is 8.57. The van der Waals surface area contributed by atoms with Gasteiger partial charge in [-0.2, -0.15) is 0 Å². The first-order valence-electron chi connectivity index (χ1n) is 14.8. The van der Waals surface area contributed by atoms with Crippen molar-refractivity contribution in [3.05, 3.63) is 150 Å². The normalized spacial score (nSPS) is 11.6. The summed E-state index contributed by atoms with van der Waals surface area (Å²) >= 11 is 0. The summed E-state index contributed by atoms with van der Waals surface area (Å²) in [6.45, 7) is 6.55. The number of fused-ring (bicyclic) bond motifs is 4. The quantitative estimate of drug-likeness (QED) is 0.212. The highest BCUT2D eigenvalue weighted by Crippen LogP contribution is 2.37. The van der Waals surface area contributed by atoms with E-state index in [2.05, 4.69) is 157 Å². The highest BCUT2D eigenvalue weighted by Gasteiger charge is 2.18. The number of pyridine rings is 1.